The molecule has 3 amide bonds. The number of ketones is 1. The van der Waals surface area contributed by atoms with Gasteiger partial charge < -0.3 is 25.8 Å². The summed E-state index contributed by atoms with van der Waals surface area (Å²) in [7, 11) is 0. The molecule has 2 rings (SSSR count). The molecule has 2 fully saturated rings. The first kappa shape index (κ1) is 20.8. The molecule has 2 aliphatic heterocycles. The molecule has 0 aromatic carbocycles. The Morgan fingerprint density at radius 3 is 2.78 bits per heavy atom. The Bertz CT molecular complexity index is 725. The maximum atomic E-state index is 12.3. The first-order valence-corrected chi connectivity index (χ1v) is 9.63. The van der Waals surface area contributed by atoms with Gasteiger partial charge in [0.15, 0.2) is 5.78 Å². The van der Waals surface area contributed by atoms with E-state index in [0.29, 0.717) is 0 Å². The van der Waals surface area contributed by atoms with E-state index in [2.05, 4.69) is 10.1 Å². The number of primary amides is 1. The number of ether oxygens (including phenoxy) is 1. The van der Waals surface area contributed by atoms with Gasteiger partial charge in [-0.25, -0.2) is 4.79 Å². The van der Waals surface area contributed by atoms with Crippen LogP contribution in [0.5, 0.6) is 0 Å². The lowest BCUT2D eigenvalue weighted by Crippen LogP contribution is -2.74. The number of thioether (sulfide) groups is 2. The third kappa shape index (κ3) is 4.64. The Hall–Kier alpha value is -2.46. The smallest absolute Gasteiger partial charge is 0.404 e. The van der Waals surface area contributed by atoms with Gasteiger partial charge in [-0.1, -0.05) is 0 Å². The van der Waals surface area contributed by atoms with Crippen LogP contribution < -0.4 is 11.1 Å². The average molecular weight is 416 g/mol. The second-order valence-electron chi connectivity index (χ2n) is 6.00. The summed E-state index contributed by atoms with van der Waals surface area (Å²) in [5.74, 6) is -2.85. The van der Waals surface area contributed by atoms with E-state index in [-0.39, 0.29) is 18.1 Å². The van der Waals surface area contributed by atoms with Crippen molar-refractivity contribution in [2.45, 2.75) is 17.8 Å². The van der Waals surface area contributed by atoms with Gasteiger partial charge in [0.25, 0.3) is 0 Å². The molecule has 146 valence electrons. The van der Waals surface area contributed by atoms with E-state index in [1.54, 1.807) is 5.40 Å². The molecule has 0 spiro atoms. The van der Waals surface area contributed by atoms with Gasteiger partial charge in [0.2, 0.25) is 11.8 Å². The average Bonchev–Trinajstić information content (AvgIpc) is 2.62. The normalized spacial score (nSPS) is 26.2. The number of β-lactam (4-membered cyclic amide) rings is 1. The van der Waals surface area contributed by atoms with Crippen LogP contribution in [-0.4, -0.2) is 75.7 Å². The molecule has 13 heteroatoms. The van der Waals surface area contributed by atoms with Crippen molar-refractivity contribution in [1.29, 1.82) is 5.26 Å². The van der Waals surface area contributed by atoms with Crippen molar-refractivity contribution >= 4 is 53.2 Å². The molecule has 0 saturated carbocycles. The minimum atomic E-state index is -1.48. The van der Waals surface area contributed by atoms with Crippen molar-refractivity contribution in [2.75, 3.05) is 24.7 Å². The predicted molar refractivity (Wildman–Crippen MR) is 93.2 cm³/mol. The number of carbonyl (C=O) groups is 5. The fourth-order valence-corrected chi connectivity index (χ4v) is 4.53. The lowest BCUT2D eigenvalue weighted by atomic mass is 9.88. The van der Waals surface area contributed by atoms with Gasteiger partial charge in [-0.05, 0) is 11.8 Å². The van der Waals surface area contributed by atoms with Crippen LogP contribution in [0.3, 0.4) is 0 Å². The number of hydrogen-bond acceptors (Lipinski definition) is 9. The molecule has 0 bridgehead atoms. The monoisotopic (exact) mass is 416 g/mol. The van der Waals surface area contributed by atoms with Crippen LogP contribution >= 0.6 is 23.5 Å². The van der Waals surface area contributed by atoms with Gasteiger partial charge >= 0.3 is 12.1 Å². The van der Waals surface area contributed by atoms with E-state index in [9.17, 15) is 29.1 Å². The van der Waals surface area contributed by atoms with E-state index in [1.807, 2.05) is 0 Å². The molecule has 3 atom stereocenters. The number of carboxylic acid groups (broad SMARTS) is 1. The summed E-state index contributed by atoms with van der Waals surface area (Å²) < 4.78 is 4.63. The highest BCUT2D eigenvalue weighted by molar-refractivity contribution is 8.04. The largest absolute Gasteiger partial charge is 0.481 e. The molecule has 2 unspecified atom stereocenters. The molecule has 2 saturated heterocycles. The first-order chi connectivity index (χ1) is 12.7. The van der Waals surface area contributed by atoms with E-state index in [0.717, 1.165) is 23.5 Å². The number of thiocyanates is 1. The summed E-state index contributed by atoms with van der Waals surface area (Å²) in [6.07, 6.45) is -1.55. The Morgan fingerprint density at radius 2 is 2.19 bits per heavy atom. The van der Waals surface area contributed by atoms with E-state index in [1.165, 1.54) is 4.90 Å². The van der Waals surface area contributed by atoms with Crippen LogP contribution in [-0.2, 0) is 23.9 Å². The van der Waals surface area contributed by atoms with Gasteiger partial charge in [0.05, 0.1) is 12.2 Å². The van der Waals surface area contributed by atoms with Crippen LogP contribution in [0.15, 0.2) is 0 Å². The lowest BCUT2D eigenvalue weighted by Gasteiger charge is -2.53. The maximum absolute atomic E-state index is 12.3. The van der Waals surface area contributed by atoms with Crippen molar-refractivity contribution in [2.24, 2.45) is 11.1 Å². The second-order valence-corrected chi connectivity index (χ2v) is 7.87. The van der Waals surface area contributed by atoms with Crippen molar-refractivity contribution in [3.8, 4) is 5.40 Å². The quantitative estimate of drug-likeness (QED) is 0.245. The number of fused-ring (bicyclic) bond motifs is 1. The molecule has 0 aromatic rings. The second kappa shape index (κ2) is 8.49. The lowest BCUT2D eigenvalue weighted by molar-refractivity contribution is -0.161. The van der Waals surface area contributed by atoms with E-state index >= 15 is 0 Å². The van der Waals surface area contributed by atoms with Gasteiger partial charge in [-0.15, -0.1) is 11.8 Å². The topological polar surface area (TPSA) is 180 Å². The number of Topliss-reactive ketones (excluding diaryl/α,β-unsaturated/α-hetero) is 1. The van der Waals surface area contributed by atoms with Crippen molar-refractivity contribution in [3.63, 3.8) is 0 Å². The highest BCUT2D eigenvalue weighted by Gasteiger charge is 2.58. The number of nitrogens with zero attached hydrogens (tertiary/aromatic N) is 2. The molecule has 0 radical (unpaired) electrons. The molecule has 27 heavy (non-hydrogen) atoms. The zero-order chi connectivity index (χ0) is 20.2. The summed E-state index contributed by atoms with van der Waals surface area (Å²) in [5.41, 5.74) is 3.40. The Balaban J connectivity index is 1.93. The van der Waals surface area contributed by atoms with E-state index in [4.69, 9.17) is 11.0 Å². The number of carboxylic acids is 1. The van der Waals surface area contributed by atoms with Crippen LogP contribution in [0.4, 0.5) is 4.79 Å². The summed E-state index contributed by atoms with van der Waals surface area (Å²) >= 11 is 1.85. The number of nitrogens with one attached hydrogen (secondary N) is 1. The fraction of sp³-hybridized carbons (Fsp3) is 0.571. The molecular weight excluding hydrogens is 400 g/mol. The Morgan fingerprint density at radius 1 is 1.48 bits per heavy atom. The molecule has 4 N–H and O–H groups in total. The van der Waals surface area contributed by atoms with E-state index < -0.39 is 59.5 Å². The van der Waals surface area contributed by atoms with Crippen LogP contribution in [0.1, 0.15) is 6.42 Å². The number of nitriles is 1. The fourth-order valence-electron chi connectivity index (χ4n) is 2.68. The summed E-state index contributed by atoms with van der Waals surface area (Å²) in [4.78, 5) is 59.4. The van der Waals surface area contributed by atoms with Gasteiger partial charge in [-0.2, -0.15) is 5.26 Å². The highest BCUT2D eigenvalue weighted by Crippen LogP contribution is 2.42. The third-order valence-corrected chi connectivity index (χ3v) is 6.24. The minimum Gasteiger partial charge on any atom is -0.481 e. The SMILES string of the molecule is N#CSCC(=O)CC(=O)NC1C(=O)N2CC(COC(N)=O)(C(=O)O)CS[C@H]12. The summed E-state index contributed by atoms with van der Waals surface area (Å²) in [6, 6.07) is -0.859. The Labute approximate surface area is 161 Å². The zero-order valence-corrected chi connectivity index (χ0v) is 15.5. The standard InChI is InChI=1S/C14H16N4O7S2/c15-6-26-2-7(19)1-8(20)17-9-10(21)18-3-14(12(22)23,4-25-13(16)24)5-27-11(9)18/h9,11H,1-5H2,(H2,16,24)(H,17,20)(H,22,23)/t9?,11-,14?/m1/s1. The van der Waals surface area contributed by atoms with Gasteiger partial charge in [-0.3, -0.25) is 19.2 Å². The predicted octanol–water partition coefficient (Wildman–Crippen LogP) is -1.27. The molecule has 0 aromatic heterocycles. The van der Waals surface area contributed by atoms with Gasteiger partial charge in [0.1, 0.15) is 28.8 Å². The number of hydrogen-bond donors (Lipinski definition) is 3. The molecule has 2 heterocycles. The number of carbonyl (C=O) groups excluding carboxylic acids is 4. The molecule has 11 nitrogen and oxygen atoms in total. The number of amides is 3. The number of rotatable bonds is 8. The van der Waals surface area contributed by atoms with Crippen LogP contribution in [0, 0.1) is 16.1 Å². The molecule has 0 aliphatic carbocycles. The Kier molecular flexibility index (Phi) is 6.55. The summed E-state index contributed by atoms with van der Waals surface area (Å²) in [6.45, 7) is -0.653. The highest BCUT2D eigenvalue weighted by atomic mass is 32.2. The number of aliphatic carboxylic acids is 1. The van der Waals surface area contributed by atoms with Crippen LogP contribution in [0.2, 0.25) is 0 Å². The minimum absolute atomic E-state index is 0.0498. The molecular formula is C14H16N4O7S2. The zero-order valence-electron chi connectivity index (χ0n) is 13.9. The van der Waals surface area contributed by atoms with Crippen molar-refractivity contribution in [1.82, 2.24) is 10.2 Å². The number of nitrogens with two attached hydrogens (primary N) is 1. The maximum Gasteiger partial charge on any atom is 0.404 e. The van der Waals surface area contributed by atoms with Gasteiger partial charge in [0, 0.05) is 12.3 Å². The first-order valence-electron chi connectivity index (χ1n) is 7.60. The third-order valence-electron chi connectivity index (χ3n) is 4.06. The van der Waals surface area contributed by atoms with Crippen molar-refractivity contribution in [3.05, 3.63) is 0 Å². The summed E-state index contributed by atoms with van der Waals surface area (Å²) in [5, 5.41) is 21.6. The van der Waals surface area contributed by atoms with Crippen molar-refractivity contribution < 1.29 is 33.8 Å². The van der Waals surface area contributed by atoms with Crippen LogP contribution in [0.25, 0.3) is 0 Å². The molecule has 2 aliphatic rings.